The minimum absolute atomic E-state index is 0.0653. The maximum absolute atomic E-state index is 4.57. The molecule has 3 nitrogen and oxygen atoms in total. The molecule has 0 N–H and O–H groups in total. The topological polar surface area (TPSA) is 38.7 Å². The van der Waals surface area contributed by atoms with Gasteiger partial charge >= 0.3 is 0 Å². The fourth-order valence-electron chi connectivity index (χ4n) is 2.60. The molecule has 0 radical (unpaired) electrons. The Bertz CT molecular complexity index is 598. The third-order valence-electron chi connectivity index (χ3n) is 4.96. The summed E-state index contributed by atoms with van der Waals surface area (Å²) in [4.78, 5) is 13.4. The Morgan fingerprint density at radius 1 is 0.909 bits per heavy atom. The van der Waals surface area contributed by atoms with Crippen LogP contribution in [0.1, 0.15) is 58.5 Å². The molecule has 3 heteroatoms. The van der Waals surface area contributed by atoms with Crippen molar-refractivity contribution in [3.63, 3.8) is 0 Å². The second-order valence-electron chi connectivity index (χ2n) is 7.48. The third-order valence-corrected chi connectivity index (χ3v) is 4.96. The predicted octanol–water partition coefficient (Wildman–Crippen LogP) is 4.33. The summed E-state index contributed by atoms with van der Waals surface area (Å²) in [5, 5.41) is 0. The quantitative estimate of drug-likeness (QED) is 0.824. The Labute approximate surface area is 134 Å². The van der Waals surface area contributed by atoms with Gasteiger partial charge in [0.1, 0.15) is 5.82 Å². The second kappa shape index (κ2) is 6.15. The van der Waals surface area contributed by atoms with Crippen molar-refractivity contribution in [1.29, 1.82) is 0 Å². The monoisotopic (exact) mass is 297 g/mol. The van der Waals surface area contributed by atoms with Gasteiger partial charge in [0.05, 0.1) is 0 Å². The SMILES string of the molecule is CC(C)Cc1ncc(C(C)(C)C(C)(C)c2cccnc2)cn1. The number of hydrogen-bond acceptors (Lipinski definition) is 3. The highest BCUT2D eigenvalue weighted by molar-refractivity contribution is 5.32. The molecule has 0 spiro atoms. The molecule has 2 aromatic heterocycles. The van der Waals surface area contributed by atoms with Crippen molar-refractivity contribution in [2.75, 3.05) is 0 Å². The van der Waals surface area contributed by atoms with Crippen molar-refractivity contribution >= 4 is 0 Å². The van der Waals surface area contributed by atoms with Crippen molar-refractivity contribution < 1.29 is 0 Å². The van der Waals surface area contributed by atoms with Gasteiger partial charge in [0.15, 0.2) is 0 Å². The zero-order chi connectivity index (χ0) is 16.4. The van der Waals surface area contributed by atoms with Crippen molar-refractivity contribution in [2.45, 2.75) is 58.8 Å². The van der Waals surface area contributed by atoms with Crippen LogP contribution in [-0.2, 0) is 17.3 Å². The summed E-state index contributed by atoms with van der Waals surface area (Å²) >= 11 is 0. The number of rotatable bonds is 5. The smallest absolute Gasteiger partial charge is 0.128 e. The maximum atomic E-state index is 4.57. The highest BCUT2D eigenvalue weighted by Gasteiger charge is 2.40. The van der Waals surface area contributed by atoms with Crippen LogP contribution in [0.3, 0.4) is 0 Å². The third kappa shape index (κ3) is 3.18. The van der Waals surface area contributed by atoms with E-state index in [2.05, 4.69) is 62.6 Å². The number of pyridine rings is 1. The van der Waals surface area contributed by atoms with Crippen LogP contribution < -0.4 is 0 Å². The Hall–Kier alpha value is -1.77. The van der Waals surface area contributed by atoms with Gasteiger partial charge in [-0.1, -0.05) is 47.6 Å². The highest BCUT2D eigenvalue weighted by Crippen LogP contribution is 2.42. The fraction of sp³-hybridized carbons (Fsp3) is 0.526. The van der Waals surface area contributed by atoms with Gasteiger partial charge in [-0.25, -0.2) is 9.97 Å². The van der Waals surface area contributed by atoms with Gasteiger partial charge in [-0.05, 0) is 23.1 Å². The zero-order valence-corrected chi connectivity index (χ0v) is 14.6. The molecule has 2 rings (SSSR count). The Morgan fingerprint density at radius 2 is 1.50 bits per heavy atom. The van der Waals surface area contributed by atoms with Crippen molar-refractivity contribution in [3.8, 4) is 0 Å². The largest absolute Gasteiger partial charge is 0.264 e. The normalized spacial score (nSPS) is 12.7. The molecule has 2 heterocycles. The first-order valence-corrected chi connectivity index (χ1v) is 7.97. The standard InChI is InChI=1S/C19H27N3/c1-14(2)10-17-21-12-16(13-22-17)19(5,6)18(3,4)15-8-7-9-20-11-15/h7-9,11-14H,10H2,1-6H3. The van der Waals surface area contributed by atoms with Gasteiger partial charge in [0.2, 0.25) is 0 Å². The second-order valence-corrected chi connectivity index (χ2v) is 7.48. The molecule has 0 aliphatic rings. The molecule has 2 aromatic rings. The minimum atomic E-state index is -0.0909. The van der Waals surface area contributed by atoms with Crippen LogP contribution in [0.4, 0.5) is 0 Å². The summed E-state index contributed by atoms with van der Waals surface area (Å²) in [6.07, 6.45) is 8.67. The van der Waals surface area contributed by atoms with E-state index >= 15 is 0 Å². The van der Waals surface area contributed by atoms with Crippen LogP contribution in [0.15, 0.2) is 36.9 Å². The van der Waals surface area contributed by atoms with E-state index in [0.29, 0.717) is 5.92 Å². The lowest BCUT2D eigenvalue weighted by Crippen LogP contribution is -2.40. The van der Waals surface area contributed by atoms with Crippen LogP contribution in [-0.4, -0.2) is 15.0 Å². The average Bonchev–Trinajstić information content (AvgIpc) is 2.48. The summed E-state index contributed by atoms with van der Waals surface area (Å²) in [5.41, 5.74) is 2.23. The van der Waals surface area contributed by atoms with E-state index < -0.39 is 0 Å². The van der Waals surface area contributed by atoms with Crippen LogP contribution in [0.2, 0.25) is 0 Å². The van der Waals surface area contributed by atoms with Gasteiger partial charge < -0.3 is 0 Å². The van der Waals surface area contributed by atoms with E-state index in [1.807, 2.05) is 30.9 Å². The minimum Gasteiger partial charge on any atom is -0.264 e. The summed E-state index contributed by atoms with van der Waals surface area (Å²) < 4.78 is 0. The molecule has 0 fully saturated rings. The molecule has 0 aliphatic heterocycles. The summed E-state index contributed by atoms with van der Waals surface area (Å²) in [6, 6.07) is 4.14. The molecule has 0 unspecified atom stereocenters. The predicted molar refractivity (Wildman–Crippen MR) is 90.9 cm³/mol. The number of hydrogen-bond donors (Lipinski definition) is 0. The molecule has 0 saturated heterocycles. The average molecular weight is 297 g/mol. The van der Waals surface area contributed by atoms with E-state index in [1.54, 1.807) is 0 Å². The first-order valence-electron chi connectivity index (χ1n) is 7.97. The molecule has 0 saturated carbocycles. The molecule has 0 aromatic carbocycles. The highest BCUT2D eigenvalue weighted by atomic mass is 14.9. The molecule has 0 atom stereocenters. The van der Waals surface area contributed by atoms with Crippen molar-refractivity contribution in [1.82, 2.24) is 15.0 Å². The maximum Gasteiger partial charge on any atom is 0.128 e. The van der Waals surface area contributed by atoms with E-state index in [0.717, 1.165) is 17.8 Å². The van der Waals surface area contributed by atoms with E-state index in [4.69, 9.17) is 0 Å². The van der Waals surface area contributed by atoms with E-state index in [9.17, 15) is 0 Å². The molecular weight excluding hydrogens is 270 g/mol. The van der Waals surface area contributed by atoms with Gasteiger partial charge in [-0.2, -0.15) is 0 Å². The van der Waals surface area contributed by atoms with Gasteiger partial charge in [0, 0.05) is 42.0 Å². The lowest BCUT2D eigenvalue weighted by Gasteiger charge is -2.42. The molecule has 22 heavy (non-hydrogen) atoms. The zero-order valence-electron chi connectivity index (χ0n) is 14.6. The van der Waals surface area contributed by atoms with Crippen LogP contribution in [0, 0.1) is 5.92 Å². The van der Waals surface area contributed by atoms with Crippen molar-refractivity contribution in [3.05, 3.63) is 53.9 Å². The first-order chi connectivity index (χ1) is 10.2. The molecule has 118 valence electrons. The fourth-order valence-corrected chi connectivity index (χ4v) is 2.60. The first kappa shape index (κ1) is 16.6. The number of aromatic nitrogens is 3. The Morgan fingerprint density at radius 3 is 2.00 bits per heavy atom. The summed E-state index contributed by atoms with van der Waals surface area (Å²) in [6.45, 7) is 13.4. The molecule has 0 aliphatic carbocycles. The van der Waals surface area contributed by atoms with Crippen LogP contribution in [0.5, 0.6) is 0 Å². The van der Waals surface area contributed by atoms with Gasteiger partial charge in [-0.3, -0.25) is 4.98 Å². The van der Waals surface area contributed by atoms with Crippen LogP contribution >= 0.6 is 0 Å². The lowest BCUT2D eigenvalue weighted by molar-refractivity contribution is 0.300. The molecular formula is C19H27N3. The summed E-state index contributed by atoms with van der Waals surface area (Å²) in [5.74, 6) is 1.50. The molecule has 0 amide bonds. The Kier molecular flexibility index (Phi) is 4.64. The Balaban J connectivity index is 2.33. The lowest BCUT2D eigenvalue weighted by atomic mass is 9.62. The van der Waals surface area contributed by atoms with E-state index in [-0.39, 0.29) is 10.8 Å². The summed E-state index contributed by atoms with van der Waals surface area (Å²) in [7, 11) is 0. The van der Waals surface area contributed by atoms with Crippen molar-refractivity contribution in [2.24, 2.45) is 5.92 Å². The van der Waals surface area contributed by atoms with Gasteiger partial charge in [-0.15, -0.1) is 0 Å². The van der Waals surface area contributed by atoms with Gasteiger partial charge in [0.25, 0.3) is 0 Å². The van der Waals surface area contributed by atoms with Crippen LogP contribution in [0.25, 0.3) is 0 Å². The number of nitrogens with zero attached hydrogens (tertiary/aromatic N) is 3. The molecule has 0 bridgehead atoms. The van der Waals surface area contributed by atoms with E-state index in [1.165, 1.54) is 5.56 Å².